The number of thiophene rings is 1. The van der Waals surface area contributed by atoms with Crippen molar-refractivity contribution in [2.75, 3.05) is 17.3 Å². The van der Waals surface area contributed by atoms with E-state index in [2.05, 4.69) is 33.7 Å². The van der Waals surface area contributed by atoms with Crippen molar-refractivity contribution >= 4 is 33.3 Å². The Morgan fingerprint density at radius 1 is 1.38 bits per heavy atom. The van der Waals surface area contributed by atoms with Crippen molar-refractivity contribution in [2.24, 2.45) is 11.8 Å². The zero-order valence-corrected chi connectivity index (χ0v) is 12.9. The van der Waals surface area contributed by atoms with Gasteiger partial charge in [-0.25, -0.2) is 10.8 Å². The second-order valence-corrected chi connectivity index (χ2v) is 6.83. The Kier molecular flexibility index (Phi) is 4.23. The Hall–Kier alpha value is -1.44. The smallest absolute Gasteiger partial charge is 0.240 e. The number of hydrogen-bond acceptors (Lipinski definition) is 7. The standard InChI is InChI=1S/C14H21N5OS/c1-8-6-10-12(17-14(19-15)18-13(10)21-8)16-11-5-3-2-4-9(11)7-20/h6,9,11,20H,2-5,7,15H2,1H3,(H2,16,17,18,19). The highest BCUT2D eigenvalue weighted by atomic mass is 32.1. The van der Waals surface area contributed by atoms with Crippen molar-refractivity contribution in [1.29, 1.82) is 0 Å². The second kappa shape index (κ2) is 6.13. The predicted octanol–water partition coefficient (Wildman–Crippen LogP) is 2.25. The third kappa shape index (κ3) is 2.95. The highest BCUT2D eigenvalue weighted by Crippen LogP contribution is 2.32. The molecule has 0 saturated heterocycles. The summed E-state index contributed by atoms with van der Waals surface area (Å²) in [5, 5.41) is 14.1. The number of nitrogens with zero attached hydrogens (tertiary/aromatic N) is 2. The molecule has 2 aromatic rings. The third-order valence-corrected chi connectivity index (χ3v) is 5.06. The molecule has 1 saturated carbocycles. The number of aliphatic hydroxyl groups excluding tert-OH is 1. The summed E-state index contributed by atoms with van der Waals surface area (Å²) in [6.07, 6.45) is 4.50. The molecule has 2 aromatic heterocycles. The van der Waals surface area contributed by atoms with Crippen LogP contribution in [0.5, 0.6) is 0 Å². The maximum Gasteiger partial charge on any atom is 0.240 e. The lowest BCUT2D eigenvalue weighted by Crippen LogP contribution is -2.34. The predicted molar refractivity (Wildman–Crippen MR) is 86.4 cm³/mol. The normalized spacial score (nSPS) is 22.4. The fourth-order valence-electron chi connectivity index (χ4n) is 3.01. The molecule has 3 rings (SSSR count). The van der Waals surface area contributed by atoms with E-state index in [0.717, 1.165) is 28.9 Å². The van der Waals surface area contributed by atoms with Gasteiger partial charge in [0, 0.05) is 23.4 Å². The summed E-state index contributed by atoms with van der Waals surface area (Å²) in [6, 6.07) is 2.35. The van der Waals surface area contributed by atoms with Gasteiger partial charge in [-0.2, -0.15) is 4.98 Å². The fourth-order valence-corrected chi connectivity index (χ4v) is 3.89. The minimum absolute atomic E-state index is 0.219. The number of anilines is 2. The summed E-state index contributed by atoms with van der Waals surface area (Å²) in [4.78, 5) is 11.0. The van der Waals surface area contributed by atoms with Gasteiger partial charge in [-0.05, 0) is 25.8 Å². The van der Waals surface area contributed by atoms with Crippen LogP contribution in [0.1, 0.15) is 30.6 Å². The summed E-state index contributed by atoms with van der Waals surface area (Å²) in [5.74, 6) is 6.98. The summed E-state index contributed by atoms with van der Waals surface area (Å²) in [6.45, 7) is 2.28. The molecule has 1 aliphatic carbocycles. The zero-order chi connectivity index (χ0) is 14.8. The average molecular weight is 307 g/mol. The van der Waals surface area contributed by atoms with Crippen molar-refractivity contribution in [1.82, 2.24) is 9.97 Å². The molecule has 1 fully saturated rings. The molecule has 0 spiro atoms. The number of nitrogens with one attached hydrogen (secondary N) is 2. The van der Waals surface area contributed by atoms with Gasteiger partial charge in [0.1, 0.15) is 10.6 Å². The lowest BCUT2D eigenvalue weighted by molar-refractivity contribution is 0.178. The Balaban J connectivity index is 1.94. The molecular formula is C14H21N5OS. The first kappa shape index (κ1) is 14.5. The number of hydrazine groups is 1. The molecule has 2 unspecified atom stereocenters. The van der Waals surface area contributed by atoms with Crippen LogP contribution in [0.25, 0.3) is 10.2 Å². The van der Waals surface area contributed by atoms with Crippen LogP contribution in [0.3, 0.4) is 0 Å². The van der Waals surface area contributed by atoms with Crippen LogP contribution < -0.4 is 16.6 Å². The molecule has 0 bridgehead atoms. The number of aryl methyl sites for hydroxylation is 1. The van der Waals surface area contributed by atoms with E-state index in [-0.39, 0.29) is 18.6 Å². The van der Waals surface area contributed by atoms with Crippen LogP contribution in [0, 0.1) is 12.8 Å². The van der Waals surface area contributed by atoms with E-state index in [1.807, 2.05) is 0 Å². The van der Waals surface area contributed by atoms with Gasteiger partial charge in [0.25, 0.3) is 0 Å². The second-order valence-electron chi connectivity index (χ2n) is 5.59. The maximum absolute atomic E-state index is 9.55. The zero-order valence-electron chi connectivity index (χ0n) is 12.1. The number of fused-ring (bicyclic) bond motifs is 1. The molecule has 5 N–H and O–H groups in total. The first-order valence-corrected chi connectivity index (χ1v) is 8.15. The SMILES string of the molecule is Cc1cc2c(NC3CCCCC3CO)nc(NN)nc2s1. The Morgan fingerprint density at radius 3 is 2.95 bits per heavy atom. The lowest BCUT2D eigenvalue weighted by Gasteiger charge is -2.31. The van der Waals surface area contributed by atoms with Gasteiger partial charge in [-0.3, -0.25) is 5.43 Å². The lowest BCUT2D eigenvalue weighted by atomic mass is 9.85. The van der Waals surface area contributed by atoms with E-state index in [9.17, 15) is 5.11 Å². The quantitative estimate of drug-likeness (QED) is 0.511. The monoisotopic (exact) mass is 307 g/mol. The molecule has 0 aliphatic heterocycles. The van der Waals surface area contributed by atoms with Gasteiger partial charge in [0.05, 0.1) is 5.39 Å². The summed E-state index contributed by atoms with van der Waals surface area (Å²) >= 11 is 1.63. The van der Waals surface area contributed by atoms with Crippen molar-refractivity contribution < 1.29 is 5.11 Å². The van der Waals surface area contributed by atoms with Crippen molar-refractivity contribution in [3.63, 3.8) is 0 Å². The number of rotatable bonds is 4. The van der Waals surface area contributed by atoms with Crippen LogP contribution in [0.15, 0.2) is 6.07 Å². The molecule has 7 heteroatoms. The van der Waals surface area contributed by atoms with Gasteiger partial charge in [0.2, 0.25) is 5.95 Å². The highest BCUT2D eigenvalue weighted by molar-refractivity contribution is 7.18. The van der Waals surface area contributed by atoms with Crippen LogP contribution in [-0.2, 0) is 0 Å². The third-order valence-electron chi connectivity index (χ3n) is 4.11. The van der Waals surface area contributed by atoms with Gasteiger partial charge in [-0.15, -0.1) is 11.3 Å². The van der Waals surface area contributed by atoms with E-state index >= 15 is 0 Å². The Bertz CT molecular complexity index is 629. The molecule has 0 aromatic carbocycles. The Morgan fingerprint density at radius 2 is 2.19 bits per heavy atom. The average Bonchev–Trinajstić information content (AvgIpc) is 2.88. The number of aromatic nitrogens is 2. The van der Waals surface area contributed by atoms with E-state index in [4.69, 9.17) is 5.84 Å². The molecule has 0 radical (unpaired) electrons. The molecular weight excluding hydrogens is 286 g/mol. The molecule has 6 nitrogen and oxygen atoms in total. The van der Waals surface area contributed by atoms with Gasteiger partial charge in [-0.1, -0.05) is 12.8 Å². The first-order valence-electron chi connectivity index (χ1n) is 7.33. The number of nitrogens with two attached hydrogens (primary N) is 1. The summed E-state index contributed by atoms with van der Waals surface area (Å²) in [7, 11) is 0. The largest absolute Gasteiger partial charge is 0.396 e. The Labute approximate surface area is 127 Å². The van der Waals surface area contributed by atoms with E-state index < -0.39 is 0 Å². The summed E-state index contributed by atoms with van der Waals surface area (Å²) < 4.78 is 0. The van der Waals surface area contributed by atoms with Crippen molar-refractivity contribution in [2.45, 2.75) is 38.6 Å². The van der Waals surface area contributed by atoms with Crippen molar-refractivity contribution in [3.8, 4) is 0 Å². The fraction of sp³-hybridized carbons (Fsp3) is 0.571. The number of hydrogen-bond donors (Lipinski definition) is 4. The highest BCUT2D eigenvalue weighted by Gasteiger charge is 2.25. The topological polar surface area (TPSA) is 96.1 Å². The molecule has 21 heavy (non-hydrogen) atoms. The minimum Gasteiger partial charge on any atom is -0.396 e. The maximum atomic E-state index is 9.55. The number of nitrogen functional groups attached to an aromatic ring is 1. The van der Waals surface area contributed by atoms with Gasteiger partial charge >= 0.3 is 0 Å². The van der Waals surface area contributed by atoms with Crippen LogP contribution in [0.2, 0.25) is 0 Å². The van der Waals surface area contributed by atoms with Crippen LogP contribution in [0.4, 0.5) is 11.8 Å². The molecule has 114 valence electrons. The minimum atomic E-state index is 0.219. The van der Waals surface area contributed by atoms with Crippen LogP contribution >= 0.6 is 11.3 Å². The van der Waals surface area contributed by atoms with Crippen molar-refractivity contribution in [3.05, 3.63) is 10.9 Å². The summed E-state index contributed by atoms with van der Waals surface area (Å²) in [5.41, 5.74) is 2.53. The molecule has 0 amide bonds. The van der Waals surface area contributed by atoms with E-state index in [1.165, 1.54) is 17.7 Å². The molecule has 1 aliphatic rings. The van der Waals surface area contributed by atoms with E-state index in [1.54, 1.807) is 11.3 Å². The number of aliphatic hydroxyl groups is 1. The van der Waals surface area contributed by atoms with Gasteiger partial charge < -0.3 is 10.4 Å². The first-order chi connectivity index (χ1) is 10.2. The van der Waals surface area contributed by atoms with E-state index in [0.29, 0.717) is 5.95 Å². The molecule has 2 heterocycles. The van der Waals surface area contributed by atoms with Crippen LogP contribution in [-0.4, -0.2) is 27.7 Å². The van der Waals surface area contributed by atoms with Gasteiger partial charge in [0.15, 0.2) is 0 Å². The molecule has 2 atom stereocenters.